The molecule has 4 heteroatoms. The van der Waals surface area contributed by atoms with Gasteiger partial charge in [-0.1, -0.05) is 18.5 Å². The summed E-state index contributed by atoms with van der Waals surface area (Å²) in [6.45, 7) is 6.80. The third kappa shape index (κ3) is 2.72. The molecule has 0 saturated carbocycles. The average molecular weight is 257 g/mol. The Bertz CT molecular complexity index is 410. The second-order valence-electron chi connectivity index (χ2n) is 4.86. The minimum absolute atomic E-state index is 0.0486. The van der Waals surface area contributed by atoms with Gasteiger partial charge in [-0.15, -0.1) is 0 Å². The van der Waals surface area contributed by atoms with Crippen LogP contribution in [0.4, 0.5) is 10.1 Å². The maximum Gasteiger partial charge on any atom is 0.146 e. The Labute approximate surface area is 107 Å². The van der Waals surface area contributed by atoms with Crippen molar-refractivity contribution in [3.05, 3.63) is 29.0 Å². The highest BCUT2D eigenvalue weighted by molar-refractivity contribution is 6.30. The summed E-state index contributed by atoms with van der Waals surface area (Å²) in [5.41, 5.74) is 0.659. The number of hydrogen-bond donors (Lipinski definition) is 1. The molecule has 1 atom stereocenters. The lowest BCUT2D eigenvalue weighted by Gasteiger charge is -2.42. The van der Waals surface area contributed by atoms with Crippen molar-refractivity contribution >= 4 is 17.3 Å². The molecule has 1 aliphatic heterocycles. The first-order chi connectivity index (χ1) is 8.04. The summed E-state index contributed by atoms with van der Waals surface area (Å²) in [5.74, 6) is -0.199. The molecule has 2 rings (SSSR count). The fourth-order valence-corrected chi connectivity index (χ4v) is 2.39. The summed E-state index contributed by atoms with van der Waals surface area (Å²) < 4.78 is 13.8. The predicted molar refractivity (Wildman–Crippen MR) is 70.3 cm³/mol. The summed E-state index contributed by atoms with van der Waals surface area (Å²) in [7, 11) is 0. The number of nitrogens with zero attached hydrogens (tertiary/aromatic N) is 1. The summed E-state index contributed by atoms with van der Waals surface area (Å²) in [4.78, 5) is 2.07. The van der Waals surface area contributed by atoms with E-state index in [1.54, 1.807) is 12.1 Å². The topological polar surface area (TPSA) is 15.3 Å². The van der Waals surface area contributed by atoms with Crippen molar-refractivity contribution in [2.24, 2.45) is 0 Å². The Hall–Kier alpha value is -0.800. The van der Waals surface area contributed by atoms with Gasteiger partial charge in [-0.25, -0.2) is 4.39 Å². The molecule has 1 aromatic rings. The van der Waals surface area contributed by atoms with Crippen LogP contribution in [0.15, 0.2) is 18.2 Å². The molecule has 1 N–H and O–H groups in total. The van der Waals surface area contributed by atoms with Gasteiger partial charge in [0.1, 0.15) is 5.82 Å². The third-order valence-electron chi connectivity index (χ3n) is 3.50. The van der Waals surface area contributed by atoms with Crippen molar-refractivity contribution in [1.82, 2.24) is 5.32 Å². The maximum absolute atomic E-state index is 13.8. The van der Waals surface area contributed by atoms with Crippen LogP contribution in [0.2, 0.25) is 5.02 Å². The van der Waals surface area contributed by atoms with Gasteiger partial charge in [0.2, 0.25) is 0 Å². The number of benzene rings is 1. The zero-order valence-electron chi connectivity index (χ0n) is 10.3. The van der Waals surface area contributed by atoms with Gasteiger partial charge < -0.3 is 10.2 Å². The largest absolute Gasteiger partial charge is 0.366 e. The molecule has 0 bridgehead atoms. The molecule has 1 fully saturated rings. The molecule has 94 valence electrons. The van der Waals surface area contributed by atoms with Crippen molar-refractivity contribution < 1.29 is 4.39 Å². The van der Waals surface area contributed by atoms with Crippen LogP contribution in [0, 0.1) is 5.82 Å². The van der Waals surface area contributed by atoms with E-state index < -0.39 is 0 Å². The SMILES string of the molecule is CCC1(C)CN(c2cc(Cl)ccc2F)CCN1. The Morgan fingerprint density at radius 3 is 3.00 bits per heavy atom. The van der Waals surface area contributed by atoms with E-state index in [4.69, 9.17) is 11.6 Å². The van der Waals surface area contributed by atoms with Crippen LogP contribution < -0.4 is 10.2 Å². The number of halogens is 2. The molecule has 0 aromatic heterocycles. The van der Waals surface area contributed by atoms with Gasteiger partial charge in [-0.2, -0.15) is 0 Å². The average Bonchev–Trinajstić information content (AvgIpc) is 2.32. The van der Waals surface area contributed by atoms with Crippen LogP contribution in [0.25, 0.3) is 0 Å². The number of nitrogens with one attached hydrogen (secondary N) is 1. The Balaban J connectivity index is 2.24. The fourth-order valence-electron chi connectivity index (χ4n) is 2.22. The van der Waals surface area contributed by atoms with E-state index in [0.717, 1.165) is 26.1 Å². The predicted octanol–water partition coefficient (Wildman–Crippen LogP) is 3.06. The van der Waals surface area contributed by atoms with Gasteiger partial charge in [0.25, 0.3) is 0 Å². The zero-order chi connectivity index (χ0) is 12.5. The van der Waals surface area contributed by atoms with E-state index in [-0.39, 0.29) is 11.4 Å². The van der Waals surface area contributed by atoms with Crippen molar-refractivity contribution in [3.63, 3.8) is 0 Å². The first-order valence-corrected chi connectivity index (χ1v) is 6.37. The minimum Gasteiger partial charge on any atom is -0.366 e. The molecule has 0 radical (unpaired) electrons. The third-order valence-corrected chi connectivity index (χ3v) is 3.74. The highest BCUT2D eigenvalue weighted by atomic mass is 35.5. The van der Waals surface area contributed by atoms with Crippen molar-refractivity contribution in [2.75, 3.05) is 24.5 Å². The Kier molecular flexibility index (Phi) is 3.59. The molecule has 2 nitrogen and oxygen atoms in total. The quantitative estimate of drug-likeness (QED) is 0.875. The number of hydrogen-bond acceptors (Lipinski definition) is 2. The summed E-state index contributed by atoms with van der Waals surface area (Å²) in [6, 6.07) is 4.73. The van der Waals surface area contributed by atoms with Gasteiger partial charge >= 0.3 is 0 Å². The second-order valence-corrected chi connectivity index (χ2v) is 5.29. The normalized spacial score (nSPS) is 25.1. The molecule has 1 aliphatic rings. The van der Waals surface area contributed by atoms with Crippen molar-refractivity contribution in [2.45, 2.75) is 25.8 Å². The molecule has 0 spiro atoms. The molecule has 17 heavy (non-hydrogen) atoms. The first kappa shape index (κ1) is 12.7. The summed E-state index contributed by atoms with van der Waals surface area (Å²) >= 11 is 5.93. The molecular weight excluding hydrogens is 239 g/mol. The molecular formula is C13H18ClFN2. The van der Waals surface area contributed by atoms with Crippen LogP contribution in [0.3, 0.4) is 0 Å². The van der Waals surface area contributed by atoms with E-state index >= 15 is 0 Å². The number of anilines is 1. The summed E-state index contributed by atoms with van der Waals surface area (Å²) in [6.07, 6.45) is 1.02. The highest BCUT2D eigenvalue weighted by Gasteiger charge is 2.29. The lowest BCUT2D eigenvalue weighted by Crippen LogP contribution is -2.58. The number of piperazine rings is 1. The van der Waals surface area contributed by atoms with Gasteiger partial charge in [-0.3, -0.25) is 0 Å². The lowest BCUT2D eigenvalue weighted by atomic mass is 9.95. The molecule has 1 aromatic carbocycles. The lowest BCUT2D eigenvalue weighted by molar-refractivity contribution is 0.313. The van der Waals surface area contributed by atoms with E-state index in [1.807, 2.05) is 0 Å². The van der Waals surface area contributed by atoms with Gasteiger partial charge in [-0.05, 0) is 31.5 Å². The van der Waals surface area contributed by atoms with Crippen LogP contribution in [0.5, 0.6) is 0 Å². The maximum atomic E-state index is 13.8. The second kappa shape index (κ2) is 4.83. The molecule has 1 saturated heterocycles. The molecule has 0 aliphatic carbocycles. The highest BCUT2D eigenvalue weighted by Crippen LogP contribution is 2.27. The van der Waals surface area contributed by atoms with Crippen molar-refractivity contribution in [3.8, 4) is 0 Å². The Morgan fingerprint density at radius 2 is 2.29 bits per heavy atom. The Morgan fingerprint density at radius 1 is 1.53 bits per heavy atom. The smallest absolute Gasteiger partial charge is 0.146 e. The van der Waals surface area contributed by atoms with Gasteiger partial charge in [0.15, 0.2) is 0 Å². The standard InChI is InChI=1S/C13H18ClFN2/c1-3-13(2)9-17(7-6-16-13)12-8-10(14)4-5-11(12)15/h4-5,8,16H,3,6-7,9H2,1-2H3. The van der Waals surface area contributed by atoms with Crippen LogP contribution >= 0.6 is 11.6 Å². The zero-order valence-corrected chi connectivity index (χ0v) is 11.0. The van der Waals surface area contributed by atoms with E-state index in [9.17, 15) is 4.39 Å². The van der Waals surface area contributed by atoms with E-state index in [2.05, 4.69) is 24.1 Å². The van der Waals surface area contributed by atoms with Crippen LogP contribution in [0.1, 0.15) is 20.3 Å². The van der Waals surface area contributed by atoms with Gasteiger partial charge in [0, 0.05) is 30.2 Å². The van der Waals surface area contributed by atoms with Crippen LogP contribution in [-0.4, -0.2) is 25.2 Å². The molecule has 1 unspecified atom stereocenters. The molecule has 0 amide bonds. The van der Waals surface area contributed by atoms with E-state index in [1.165, 1.54) is 6.07 Å². The molecule has 1 heterocycles. The summed E-state index contributed by atoms with van der Waals surface area (Å²) in [5, 5.41) is 4.06. The van der Waals surface area contributed by atoms with E-state index in [0.29, 0.717) is 10.7 Å². The van der Waals surface area contributed by atoms with Crippen LogP contribution in [-0.2, 0) is 0 Å². The van der Waals surface area contributed by atoms with Gasteiger partial charge in [0.05, 0.1) is 5.69 Å². The monoisotopic (exact) mass is 256 g/mol. The first-order valence-electron chi connectivity index (χ1n) is 5.99. The minimum atomic E-state index is -0.199. The van der Waals surface area contributed by atoms with Crippen molar-refractivity contribution in [1.29, 1.82) is 0 Å². The fraction of sp³-hybridized carbons (Fsp3) is 0.538. The number of rotatable bonds is 2.